The Labute approximate surface area is 163 Å². The van der Waals surface area contributed by atoms with Crippen LogP contribution in [0.15, 0.2) is 59.5 Å². The summed E-state index contributed by atoms with van der Waals surface area (Å²) in [4.78, 5) is 29.8. The standard InChI is InChI=1S/C20H15ClN4O3/c1-28-20(27)14-10-15-18(23-16-4-2-3-9-24(16)19(15)26)25(17(14)22)11-12-5-7-13(21)8-6-12/h2-10,22H,11H2,1H3. The summed E-state index contributed by atoms with van der Waals surface area (Å²) in [7, 11) is 1.24. The highest BCUT2D eigenvalue weighted by Crippen LogP contribution is 2.14. The molecule has 1 aromatic carbocycles. The van der Waals surface area contributed by atoms with Gasteiger partial charge in [-0.3, -0.25) is 14.6 Å². The van der Waals surface area contributed by atoms with Gasteiger partial charge in [0.2, 0.25) is 0 Å². The number of rotatable bonds is 3. The number of ether oxygens (including phenoxy) is 1. The number of benzene rings is 1. The lowest BCUT2D eigenvalue weighted by Gasteiger charge is -2.14. The number of halogens is 1. The number of carbonyl (C=O) groups excluding carboxylic acids is 1. The van der Waals surface area contributed by atoms with Crippen molar-refractivity contribution in [2.24, 2.45) is 0 Å². The van der Waals surface area contributed by atoms with Crippen LogP contribution in [0.1, 0.15) is 15.9 Å². The highest BCUT2D eigenvalue weighted by atomic mass is 35.5. The van der Waals surface area contributed by atoms with Crippen molar-refractivity contribution in [3.63, 3.8) is 0 Å². The molecule has 0 unspecified atom stereocenters. The maximum Gasteiger partial charge on any atom is 0.341 e. The monoisotopic (exact) mass is 394 g/mol. The zero-order valence-electron chi connectivity index (χ0n) is 14.8. The van der Waals surface area contributed by atoms with Gasteiger partial charge in [0.1, 0.15) is 22.3 Å². The molecule has 0 saturated carbocycles. The lowest BCUT2D eigenvalue weighted by molar-refractivity contribution is 0.0597. The molecule has 3 heterocycles. The molecule has 0 amide bonds. The van der Waals surface area contributed by atoms with Crippen LogP contribution < -0.4 is 11.0 Å². The van der Waals surface area contributed by atoms with Crippen molar-refractivity contribution in [1.29, 1.82) is 5.41 Å². The third-order valence-corrected chi connectivity index (χ3v) is 4.73. The van der Waals surface area contributed by atoms with Gasteiger partial charge >= 0.3 is 5.97 Å². The quantitative estimate of drug-likeness (QED) is 0.427. The summed E-state index contributed by atoms with van der Waals surface area (Å²) in [6.45, 7) is 0.243. The van der Waals surface area contributed by atoms with Gasteiger partial charge in [0.15, 0.2) is 0 Å². The minimum Gasteiger partial charge on any atom is -0.465 e. The number of pyridine rings is 2. The molecule has 0 bridgehead atoms. The number of hydrogen-bond donors (Lipinski definition) is 1. The van der Waals surface area contributed by atoms with Crippen molar-refractivity contribution in [1.82, 2.24) is 14.0 Å². The van der Waals surface area contributed by atoms with E-state index in [9.17, 15) is 9.59 Å². The molecule has 0 saturated heterocycles. The smallest absolute Gasteiger partial charge is 0.341 e. The lowest BCUT2D eigenvalue weighted by atomic mass is 10.1. The Hall–Kier alpha value is -3.45. The van der Waals surface area contributed by atoms with Crippen molar-refractivity contribution in [3.8, 4) is 0 Å². The highest BCUT2D eigenvalue weighted by Gasteiger charge is 2.18. The molecular weight excluding hydrogens is 380 g/mol. The number of aromatic nitrogens is 3. The second kappa shape index (κ2) is 6.94. The zero-order valence-corrected chi connectivity index (χ0v) is 15.6. The molecule has 0 spiro atoms. The van der Waals surface area contributed by atoms with Crippen LogP contribution in [0, 0.1) is 5.41 Å². The summed E-state index contributed by atoms with van der Waals surface area (Å²) in [6, 6.07) is 13.7. The molecule has 0 aliphatic heterocycles. The van der Waals surface area contributed by atoms with Crippen LogP contribution in [0.25, 0.3) is 16.7 Å². The molecule has 0 aliphatic carbocycles. The maximum atomic E-state index is 13.0. The third kappa shape index (κ3) is 2.95. The summed E-state index contributed by atoms with van der Waals surface area (Å²) >= 11 is 5.95. The van der Waals surface area contributed by atoms with Crippen LogP contribution in [0.3, 0.4) is 0 Å². The predicted octanol–water partition coefficient (Wildman–Crippen LogP) is 2.62. The SMILES string of the molecule is COC(=O)c1cc2c(=O)n3ccccc3nc2n(Cc2ccc(Cl)cc2)c1=N. The van der Waals surface area contributed by atoms with E-state index >= 15 is 0 Å². The van der Waals surface area contributed by atoms with Crippen molar-refractivity contribution < 1.29 is 9.53 Å². The van der Waals surface area contributed by atoms with Crippen molar-refractivity contribution in [3.05, 3.63) is 86.7 Å². The Bertz CT molecular complexity index is 1340. The largest absolute Gasteiger partial charge is 0.465 e. The maximum absolute atomic E-state index is 13.0. The van der Waals surface area contributed by atoms with Gasteiger partial charge in [-0.15, -0.1) is 0 Å². The average Bonchev–Trinajstić information content (AvgIpc) is 2.71. The van der Waals surface area contributed by atoms with Gasteiger partial charge in [-0.05, 0) is 35.9 Å². The molecule has 0 fully saturated rings. The molecule has 1 N–H and O–H groups in total. The molecule has 140 valence electrons. The van der Waals surface area contributed by atoms with Crippen LogP contribution in [-0.4, -0.2) is 27.0 Å². The number of esters is 1. The van der Waals surface area contributed by atoms with E-state index in [1.165, 1.54) is 22.1 Å². The van der Waals surface area contributed by atoms with Crippen LogP contribution in [-0.2, 0) is 11.3 Å². The second-order valence-electron chi connectivity index (χ2n) is 6.19. The summed E-state index contributed by atoms with van der Waals surface area (Å²) in [5, 5.41) is 9.34. The van der Waals surface area contributed by atoms with Crippen molar-refractivity contribution in [2.75, 3.05) is 7.11 Å². The molecule has 0 radical (unpaired) electrons. The molecule has 4 aromatic rings. The van der Waals surface area contributed by atoms with Gasteiger partial charge in [-0.2, -0.15) is 0 Å². The number of nitrogens with one attached hydrogen (secondary N) is 1. The summed E-state index contributed by atoms with van der Waals surface area (Å²) in [6.07, 6.45) is 1.61. The molecule has 7 nitrogen and oxygen atoms in total. The van der Waals surface area contributed by atoms with E-state index in [-0.39, 0.29) is 28.5 Å². The number of hydrogen-bond acceptors (Lipinski definition) is 5. The molecule has 28 heavy (non-hydrogen) atoms. The fourth-order valence-electron chi connectivity index (χ4n) is 3.08. The second-order valence-corrected chi connectivity index (χ2v) is 6.63. The van der Waals surface area contributed by atoms with Crippen LogP contribution >= 0.6 is 11.6 Å². The number of fused-ring (bicyclic) bond motifs is 2. The van der Waals surface area contributed by atoms with Crippen LogP contribution in [0.2, 0.25) is 5.02 Å². The normalized spacial score (nSPS) is 11.1. The fourth-order valence-corrected chi connectivity index (χ4v) is 3.20. The topological polar surface area (TPSA) is 89.4 Å². The van der Waals surface area contributed by atoms with Crippen LogP contribution in [0.4, 0.5) is 0 Å². The fraction of sp³-hybridized carbons (Fsp3) is 0.100. The first-order chi connectivity index (χ1) is 13.5. The lowest BCUT2D eigenvalue weighted by Crippen LogP contribution is -2.31. The van der Waals surface area contributed by atoms with E-state index in [1.807, 2.05) is 12.1 Å². The molecule has 0 aliphatic rings. The zero-order chi connectivity index (χ0) is 19.8. The third-order valence-electron chi connectivity index (χ3n) is 4.48. The van der Waals surface area contributed by atoms with E-state index in [0.717, 1.165) is 5.56 Å². The first-order valence-corrected chi connectivity index (χ1v) is 8.79. The molecular formula is C20H15ClN4O3. The van der Waals surface area contributed by atoms with Gasteiger partial charge in [-0.1, -0.05) is 29.8 Å². The first-order valence-electron chi connectivity index (χ1n) is 8.42. The molecule has 3 aromatic heterocycles. The number of methoxy groups -OCH3 is 1. The Morgan fingerprint density at radius 2 is 1.96 bits per heavy atom. The van der Waals surface area contributed by atoms with E-state index in [1.54, 1.807) is 36.5 Å². The van der Waals surface area contributed by atoms with E-state index in [4.69, 9.17) is 21.7 Å². The molecule has 4 rings (SSSR count). The van der Waals surface area contributed by atoms with Gasteiger partial charge in [-0.25, -0.2) is 9.78 Å². The van der Waals surface area contributed by atoms with E-state index < -0.39 is 5.97 Å². The Morgan fingerprint density at radius 1 is 1.21 bits per heavy atom. The highest BCUT2D eigenvalue weighted by molar-refractivity contribution is 6.30. The minimum atomic E-state index is -0.686. The Balaban J connectivity index is 2.08. The van der Waals surface area contributed by atoms with Crippen molar-refractivity contribution in [2.45, 2.75) is 6.54 Å². The van der Waals surface area contributed by atoms with Gasteiger partial charge in [0.05, 0.1) is 19.0 Å². The summed E-state index contributed by atoms with van der Waals surface area (Å²) in [5.41, 5.74) is 1.22. The predicted molar refractivity (Wildman–Crippen MR) is 105 cm³/mol. The first kappa shape index (κ1) is 17.9. The number of carbonyl (C=O) groups is 1. The summed E-state index contributed by atoms with van der Waals surface area (Å²) < 4.78 is 7.72. The Kier molecular flexibility index (Phi) is 4.44. The van der Waals surface area contributed by atoms with Crippen molar-refractivity contribution >= 4 is 34.3 Å². The number of nitrogens with zero attached hydrogens (tertiary/aromatic N) is 3. The van der Waals surface area contributed by atoms with Gasteiger partial charge < -0.3 is 9.30 Å². The summed E-state index contributed by atoms with van der Waals surface area (Å²) in [5.74, 6) is -0.686. The van der Waals surface area contributed by atoms with E-state index in [2.05, 4.69) is 4.98 Å². The molecule has 0 atom stereocenters. The van der Waals surface area contributed by atoms with Gasteiger partial charge in [0, 0.05) is 11.2 Å². The van der Waals surface area contributed by atoms with Crippen LogP contribution in [0.5, 0.6) is 0 Å². The van der Waals surface area contributed by atoms with Gasteiger partial charge in [0.25, 0.3) is 5.56 Å². The minimum absolute atomic E-state index is 0.00116. The van der Waals surface area contributed by atoms with E-state index in [0.29, 0.717) is 16.3 Å². The molecule has 8 heteroatoms. The Morgan fingerprint density at radius 3 is 2.68 bits per heavy atom. The average molecular weight is 395 g/mol.